The summed E-state index contributed by atoms with van der Waals surface area (Å²) < 4.78 is 34.0. The van der Waals surface area contributed by atoms with Crippen LogP contribution in [0.1, 0.15) is 28.1 Å². The van der Waals surface area contributed by atoms with E-state index >= 15 is 0 Å². The van der Waals surface area contributed by atoms with E-state index in [-0.39, 0.29) is 17.3 Å². The number of sulfonamides is 1. The first-order valence-electron chi connectivity index (χ1n) is 8.83. The number of amides is 1. The zero-order valence-corrected chi connectivity index (χ0v) is 16.3. The maximum absolute atomic E-state index is 12.3. The van der Waals surface area contributed by atoms with Gasteiger partial charge in [0.05, 0.1) is 23.9 Å². The fourth-order valence-corrected chi connectivity index (χ4v) is 3.58. The van der Waals surface area contributed by atoms with E-state index in [1.165, 1.54) is 30.5 Å². The van der Waals surface area contributed by atoms with Crippen LogP contribution in [0.5, 0.6) is 0 Å². The molecule has 28 heavy (non-hydrogen) atoms. The predicted octanol–water partition coefficient (Wildman–Crippen LogP) is 2.08. The second-order valence-electron chi connectivity index (χ2n) is 6.32. The van der Waals surface area contributed by atoms with E-state index in [1.807, 2.05) is 17.8 Å². The summed E-state index contributed by atoms with van der Waals surface area (Å²) in [4.78, 5) is 12.3. The number of nitrogens with one attached hydrogen (secondary N) is 2. The molecule has 0 aliphatic heterocycles. The van der Waals surface area contributed by atoms with Crippen LogP contribution < -0.4 is 10.0 Å². The Hall–Kier alpha value is -2.91. The molecule has 0 aliphatic carbocycles. The molecule has 1 aromatic carbocycles. The summed E-state index contributed by atoms with van der Waals surface area (Å²) in [5.74, 6) is 0.272. The van der Waals surface area contributed by atoms with Crippen molar-refractivity contribution in [3.05, 3.63) is 71.9 Å². The van der Waals surface area contributed by atoms with Crippen molar-refractivity contribution in [1.82, 2.24) is 19.8 Å². The molecular weight excluding hydrogens is 380 g/mol. The first-order chi connectivity index (χ1) is 13.4. The number of hydrogen-bond donors (Lipinski definition) is 2. The van der Waals surface area contributed by atoms with Crippen LogP contribution in [0.25, 0.3) is 0 Å². The molecule has 148 valence electrons. The molecule has 0 fully saturated rings. The topological polar surface area (TPSA) is 106 Å². The van der Waals surface area contributed by atoms with Crippen LogP contribution in [0.4, 0.5) is 0 Å². The second-order valence-corrected chi connectivity index (χ2v) is 8.09. The highest BCUT2D eigenvalue weighted by Gasteiger charge is 2.15. The molecule has 0 aliphatic rings. The van der Waals surface area contributed by atoms with Crippen molar-refractivity contribution in [2.24, 2.45) is 0 Å². The smallest absolute Gasteiger partial charge is 0.251 e. The van der Waals surface area contributed by atoms with E-state index in [2.05, 4.69) is 15.1 Å². The number of carbonyl (C=O) groups excluding carboxylic acids is 1. The van der Waals surface area contributed by atoms with Gasteiger partial charge in [0.25, 0.3) is 5.91 Å². The summed E-state index contributed by atoms with van der Waals surface area (Å²) in [6, 6.07) is 9.18. The molecule has 9 heteroatoms. The van der Waals surface area contributed by atoms with E-state index in [0.29, 0.717) is 24.4 Å². The minimum absolute atomic E-state index is 0.0628. The van der Waals surface area contributed by atoms with Crippen molar-refractivity contribution in [3.8, 4) is 0 Å². The first-order valence-corrected chi connectivity index (χ1v) is 10.3. The summed E-state index contributed by atoms with van der Waals surface area (Å²) in [5, 5.41) is 7.01. The van der Waals surface area contributed by atoms with Crippen LogP contribution in [0.3, 0.4) is 0 Å². The van der Waals surface area contributed by atoms with Gasteiger partial charge in [-0.25, -0.2) is 13.1 Å². The monoisotopic (exact) mass is 402 g/mol. The standard InChI is InChI=1S/C19H22N4O4S/c1-15-12-21-23(14-15)10-3-9-20-19(24)16-5-7-18(8-6-16)28(25,26)22-13-17-4-2-11-27-17/h2,4-8,11-12,14,22H,3,9-10,13H2,1H3,(H,20,24). The Morgan fingerprint density at radius 2 is 2.00 bits per heavy atom. The lowest BCUT2D eigenvalue weighted by Crippen LogP contribution is -2.26. The van der Waals surface area contributed by atoms with Gasteiger partial charge in [0.2, 0.25) is 10.0 Å². The molecule has 2 aromatic heterocycles. The molecule has 0 spiro atoms. The molecular formula is C19H22N4O4S. The number of rotatable bonds is 9. The van der Waals surface area contributed by atoms with Crippen molar-refractivity contribution < 1.29 is 17.6 Å². The zero-order valence-electron chi connectivity index (χ0n) is 15.5. The number of nitrogens with zero attached hydrogens (tertiary/aromatic N) is 2. The molecule has 0 saturated carbocycles. The third-order valence-electron chi connectivity index (χ3n) is 4.06. The molecule has 3 aromatic rings. The number of aryl methyl sites for hydroxylation is 2. The molecule has 1 amide bonds. The fourth-order valence-electron chi connectivity index (χ4n) is 2.58. The third kappa shape index (κ3) is 5.30. The van der Waals surface area contributed by atoms with Gasteiger partial charge in [0.15, 0.2) is 0 Å². The summed E-state index contributed by atoms with van der Waals surface area (Å²) in [6.07, 6.45) is 5.96. The first kappa shape index (κ1) is 19.8. The quantitative estimate of drug-likeness (QED) is 0.533. The Morgan fingerprint density at radius 3 is 2.64 bits per heavy atom. The SMILES string of the molecule is Cc1cnn(CCCNC(=O)c2ccc(S(=O)(=O)NCc3ccco3)cc2)c1. The minimum atomic E-state index is -3.68. The van der Waals surface area contributed by atoms with E-state index < -0.39 is 10.0 Å². The maximum Gasteiger partial charge on any atom is 0.251 e. The van der Waals surface area contributed by atoms with Gasteiger partial charge in [-0.1, -0.05) is 0 Å². The summed E-state index contributed by atoms with van der Waals surface area (Å²) in [6.45, 7) is 3.25. The van der Waals surface area contributed by atoms with Crippen LogP contribution in [0.15, 0.2) is 64.4 Å². The summed E-state index contributed by atoms with van der Waals surface area (Å²) >= 11 is 0. The van der Waals surface area contributed by atoms with Gasteiger partial charge in [-0.3, -0.25) is 9.48 Å². The number of carbonyl (C=O) groups is 1. The van der Waals surface area contributed by atoms with E-state index in [1.54, 1.807) is 18.3 Å². The van der Waals surface area contributed by atoms with Crippen LogP contribution in [-0.2, 0) is 23.1 Å². The lowest BCUT2D eigenvalue weighted by atomic mass is 10.2. The molecule has 0 bridgehead atoms. The van der Waals surface area contributed by atoms with Gasteiger partial charge in [0, 0.05) is 24.8 Å². The van der Waals surface area contributed by atoms with Crippen LogP contribution in [0, 0.1) is 6.92 Å². The molecule has 0 radical (unpaired) electrons. The summed E-state index contributed by atoms with van der Waals surface area (Å²) in [5.41, 5.74) is 1.50. The maximum atomic E-state index is 12.3. The van der Waals surface area contributed by atoms with E-state index in [9.17, 15) is 13.2 Å². The Kier molecular flexibility index (Phi) is 6.27. The van der Waals surface area contributed by atoms with Crippen LogP contribution >= 0.6 is 0 Å². The number of aromatic nitrogens is 2. The van der Waals surface area contributed by atoms with Gasteiger partial charge < -0.3 is 9.73 Å². The zero-order chi connectivity index (χ0) is 20.0. The highest BCUT2D eigenvalue weighted by Crippen LogP contribution is 2.12. The van der Waals surface area contributed by atoms with E-state index in [0.717, 1.165) is 12.0 Å². The average Bonchev–Trinajstić information content (AvgIpc) is 3.35. The van der Waals surface area contributed by atoms with Crippen molar-refractivity contribution in [2.75, 3.05) is 6.54 Å². The number of benzene rings is 1. The minimum Gasteiger partial charge on any atom is -0.468 e. The molecule has 0 unspecified atom stereocenters. The van der Waals surface area contributed by atoms with Gasteiger partial charge >= 0.3 is 0 Å². The predicted molar refractivity (Wildman–Crippen MR) is 103 cm³/mol. The van der Waals surface area contributed by atoms with Crippen molar-refractivity contribution in [2.45, 2.75) is 31.3 Å². The fraction of sp³-hybridized carbons (Fsp3) is 0.263. The van der Waals surface area contributed by atoms with Crippen molar-refractivity contribution in [1.29, 1.82) is 0 Å². The Morgan fingerprint density at radius 1 is 1.21 bits per heavy atom. The van der Waals surface area contributed by atoms with Crippen molar-refractivity contribution >= 4 is 15.9 Å². The largest absolute Gasteiger partial charge is 0.468 e. The molecule has 8 nitrogen and oxygen atoms in total. The van der Waals surface area contributed by atoms with Gasteiger partial charge in [-0.2, -0.15) is 5.10 Å². The molecule has 2 heterocycles. The molecule has 2 N–H and O–H groups in total. The Bertz CT molecular complexity index is 1010. The normalized spacial score (nSPS) is 11.5. The van der Waals surface area contributed by atoms with Crippen LogP contribution in [0.2, 0.25) is 0 Å². The lowest BCUT2D eigenvalue weighted by molar-refractivity contribution is 0.0952. The molecule has 3 rings (SSSR count). The highest BCUT2D eigenvalue weighted by atomic mass is 32.2. The van der Waals surface area contributed by atoms with Gasteiger partial charge in [-0.05, 0) is 55.3 Å². The second kappa shape index (κ2) is 8.85. The summed E-state index contributed by atoms with van der Waals surface area (Å²) in [7, 11) is -3.68. The van der Waals surface area contributed by atoms with E-state index in [4.69, 9.17) is 4.42 Å². The van der Waals surface area contributed by atoms with Gasteiger partial charge in [0.1, 0.15) is 5.76 Å². The molecule has 0 saturated heterocycles. The Labute approximate surface area is 163 Å². The average molecular weight is 402 g/mol. The lowest BCUT2D eigenvalue weighted by Gasteiger charge is -2.08. The third-order valence-corrected chi connectivity index (χ3v) is 5.47. The molecule has 0 atom stereocenters. The number of furan rings is 1. The highest BCUT2D eigenvalue weighted by molar-refractivity contribution is 7.89. The number of hydrogen-bond acceptors (Lipinski definition) is 5. The Balaban J connectivity index is 1.49. The van der Waals surface area contributed by atoms with Crippen molar-refractivity contribution in [3.63, 3.8) is 0 Å². The van der Waals surface area contributed by atoms with Crippen LogP contribution in [-0.4, -0.2) is 30.7 Å². The van der Waals surface area contributed by atoms with Gasteiger partial charge in [-0.15, -0.1) is 0 Å².